The van der Waals surface area contributed by atoms with Crippen molar-refractivity contribution in [2.45, 2.75) is 38.3 Å². The Labute approximate surface area is 154 Å². The molecule has 2 aromatic heterocycles. The summed E-state index contributed by atoms with van der Waals surface area (Å²) in [6, 6.07) is 0.667. The average Bonchev–Trinajstić information content (AvgIpc) is 3.15. The molecule has 0 saturated carbocycles. The predicted molar refractivity (Wildman–Crippen MR) is 91.0 cm³/mol. The number of aromatic nitrogens is 4. The molecule has 1 aliphatic heterocycles. The number of likely N-dealkylation sites (tertiary alicyclic amines) is 1. The number of urea groups is 1. The van der Waals surface area contributed by atoms with Gasteiger partial charge in [0.1, 0.15) is 17.3 Å². The lowest BCUT2D eigenvalue weighted by atomic mass is 9.98. The van der Waals surface area contributed by atoms with Crippen molar-refractivity contribution >= 4 is 6.03 Å². The van der Waals surface area contributed by atoms with E-state index in [1.54, 1.807) is 17.3 Å². The quantitative estimate of drug-likeness (QED) is 0.851. The molecule has 2 amide bonds. The predicted octanol–water partition coefficient (Wildman–Crippen LogP) is 2.66. The van der Waals surface area contributed by atoms with E-state index in [-0.39, 0.29) is 36.4 Å². The smallest absolute Gasteiger partial charge is 0.348 e. The zero-order valence-corrected chi connectivity index (χ0v) is 14.9. The summed E-state index contributed by atoms with van der Waals surface area (Å²) < 4.78 is 38.5. The van der Waals surface area contributed by atoms with Crippen LogP contribution in [0.15, 0.2) is 18.5 Å². The van der Waals surface area contributed by atoms with Crippen LogP contribution < -0.4 is 5.32 Å². The molecule has 3 heterocycles. The van der Waals surface area contributed by atoms with Gasteiger partial charge in [-0.05, 0) is 25.8 Å². The fourth-order valence-electron chi connectivity index (χ4n) is 3.17. The molecule has 0 aliphatic carbocycles. The number of halogens is 3. The van der Waals surface area contributed by atoms with Crippen LogP contribution in [0.5, 0.6) is 0 Å². The van der Waals surface area contributed by atoms with Gasteiger partial charge in [-0.2, -0.15) is 13.2 Å². The van der Waals surface area contributed by atoms with Gasteiger partial charge >= 0.3 is 12.2 Å². The van der Waals surface area contributed by atoms with E-state index in [2.05, 4.69) is 25.3 Å². The summed E-state index contributed by atoms with van der Waals surface area (Å²) in [6.45, 7) is 2.85. The largest absolute Gasteiger partial charge is 0.433 e. The van der Waals surface area contributed by atoms with Crippen molar-refractivity contribution in [3.05, 3.63) is 41.5 Å². The number of aromatic amines is 1. The summed E-state index contributed by atoms with van der Waals surface area (Å²) in [7, 11) is 0. The number of nitrogens with zero attached hydrogens (tertiary/aromatic N) is 4. The molecule has 0 radical (unpaired) electrons. The summed E-state index contributed by atoms with van der Waals surface area (Å²) in [5, 5.41) is 2.74. The second-order valence-electron chi connectivity index (χ2n) is 6.55. The molecular weight excluding hydrogens is 361 g/mol. The standard InChI is InChI=1S/C17H21F3N6O/c1-11-9-13(17(18,19)20)25-14(24-11)4-5-23-16(27)26-8-2-3-12(10-26)15-21-6-7-22-15/h6-7,9,12H,2-5,8,10H2,1H3,(H,21,22)(H,23,27). The van der Waals surface area contributed by atoms with Gasteiger partial charge in [-0.15, -0.1) is 0 Å². The zero-order chi connectivity index (χ0) is 19.4. The number of H-pyrrole nitrogens is 1. The van der Waals surface area contributed by atoms with E-state index in [9.17, 15) is 18.0 Å². The highest BCUT2D eigenvalue weighted by Crippen LogP contribution is 2.28. The molecule has 3 rings (SSSR count). The van der Waals surface area contributed by atoms with Gasteiger partial charge in [0.15, 0.2) is 0 Å². The fourth-order valence-corrected chi connectivity index (χ4v) is 3.17. The Hall–Kier alpha value is -2.65. The first-order chi connectivity index (χ1) is 12.8. The van der Waals surface area contributed by atoms with Gasteiger partial charge in [0.25, 0.3) is 0 Å². The first-order valence-corrected chi connectivity index (χ1v) is 8.77. The van der Waals surface area contributed by atoms with Crippen LogP contribution in [0.1, 0.15) is 41.8 Å². The van der Waals surface area contributed by atoms with E-state index in [0.29, 0.717) is 13.1 Å². The minimum absolute atomic E-state index is 0.0646. The molecule has 2 N–H and O–H groups in total. The monoisotopic (exact) mass is 382 g/mol. The number of rotatable bonds is 4. The van der Waals surface area contributed by atoms with Crippen molar-refractivity contribution in [1.29, 1.82) is 0 Å². The maximum Gasteiger partial charge on any atom is 0.433 e. The molecule has 1 aliphatic rings. The summed E-state index contributed by atoms with van der Waals surface area (Å²) in [4.78, 5) is 28.9. The molecular formula is C17H21F3N6O. The second kappa shape index (κ2) is 7.93. The van der Waals surface area contributed by atoms with Crippen molar-refractivity contribution in [2.24, 2.45) is 0 Å². The summed E-state index contributed by atoms with van der Waals surface area (Å²) in [6.07, 6.45) is 0.881. The van der Waals surface area contributed by atoms with Gasteiger partial charge in [-0.3, -0.25) is 0 Å². The number of piperidine rings is 1. The van der Waals surface area contributed by atoms with Gasteiger partial charge in [0.05, 0.1) is 0 Å². The molecule has 10 heteroatoms. The van der Waals surface area contributed by atoms with Crippen LogP contribution >= 0.6 is 0 Å². The van der Waals surface area contributed by atoms with Crippen LogP contribution in [0.25, 0.3) is 0 Å². The lowest BCUT2D eigenvalue weighted by Gasteiger charge is -2.31. The number of hydrogen-bond acceptors (Lipinski definition) is 4. The van der Waals surface area contributed by atoms with Gasteiger partial charge in [0, 0.05) is 50.1 Å². The Bertz CT molecular complexity index is 777. The molecule has 27 heavy (non-hydrogen) atoms. The Morgan fingerprint density at radius 1 is 1.41 bits per heavy atom. The van der Waals surface area contributed by atoms with E-state index in [0.717, 1.165) is 24.7 Å². The highest BCUT2D eigenvalue weighted by Gasteiger charge is 2.33. The first-order valence-electron chi connectivity index (χ1n) is 8.77. The minimum Gasteiger partial charge on any atom is -0.348 e. The minimum atomic E-state index is -4.51. The lowest BCUT2D eigenvalue weighted by molar-refractivity contribution is -0.141. The van der Waals surface area contributed by atoms with E-state index in [4.69, 9.17) is 0 Å². The number of alkyl halides is 3. The van der Waals surface area contributed by atoms with Crippen LogP contribution in [0, 0.1) is 6.92 Å². The third-order valence-electron chi connectivity index (χ3n) is 4.43. The van der Waals surface area contributed by atoms with Crippen molar-refractivity contribution in [1.82, 2.24) is 30.2 Å². The van der Waals surface area contributed by atoms with Crippen molar-refractivity contribution in [2.75, 3.05) is 19.6 Å². The summed E-state index contributed by atoms with van der Waals surface area (Å²) in [5.74, 6) is 1.09. The average molecular weight is 382 g/mol. The van der Waals surface area contributed by atoms with Crippen LogP contribution in [0.3, 0.4) is 0 Å². The molecule has 1 unspecified atom stereocenters. The van der Waals surface area contributed by atoms with Crippen molar-refractivity contribution < 1.29 is 18.0 Å². The highest BCUT2D eigenvalue weighted by atomic mass is 19.4. The SMILES string of the molecule is Cc1cc(C(F)(F)F)nc(CCNC(=O)N2CCCC(c3ncc[nH]3)C2)n1. The topological polar surface area (TPSA) is 86.8 Å². The summed E-state index contributed by atoms with van der Waals surface area (Å²) >= 11 is 0. The maximum absolute atomic E-state index is 12.8. The molecule has 1 fully saturated rings. The Morgan fingerprint density at radius 2 is 2.22 bits per heavy atom. The lowest BCUT2D eigenvalue weighted by Crippen LogP contribution is -2.45. The molecule has 1 saturated heterocycles. The zero-order valence-electron chi connectivity index (χ0n) is 14.9. The molecule has 146 valence electrons. The number of aryl methyl sites for hydroxylation is 1. The fraction of sp³-hybridized carbons (Fsp3) is 0.529. The number of amides is 2. The van der Waals surface area contributed by atoms with Crippen LogP contribution in [-0.2, 0) is 12.6 Å². The van der Waals surface area contributed by atoms with Gasteiger partial charge in [-0.25, -0.2) is 19.7 Å². The first kappa shape index (κ1) is 19.1. The molecule has 0 aromatic carbocycles. The number of hydrogen-bond donors (Lipinski definition) is 2. The molecule has 0 bridgehead atoms. The van der Waals surface area contributed by atoms with E-state index in [1.807, 2.05) is 0 Å². The van der Waals surface area contributed by atoms with Gasteiger partial charge < -0.3 is 15.2 Å². The van der Waals surface area contributed by atoms with Crippen molar-refractivity contribution in [3.63, 3.8) is 0 Å². The van der Waals surface area contributed by atoms with E-state index in [1.165, 1.54) is 6.92 Å². The Morgan fingerprint density at radius 3 is 2.93 bits per heavy atom. The third kappa shape index (κ3) is 4.95. The Kier molecular flexibility index (Phi) is 5.62. The highest BCUT2D eigenvalue weighted by molar-refractivity contribution is 5.74. The second-order valence-corrected chi connectivity index (χ2v) is 6.55. The van der Waals surface area contributed by atoms with Crippen LogP contribution in [0.2, 0.25) is 0 Å². The van der Waals surface area contributed by atoms with Crippen LogP contribution in [0.4, 0.5) is 18.0 Å². The normalized spacial score (nSPS) is 17.8. The van der Waals surface area contributed by atoms with Crippen LogP contribution in [-0.4, -0.2) is 50.5 Å². The van der Waals surface area contributed by atoms with Gasteiger partial charge in [-0.1, -0.05) is 0 Å². The Balaban J connectivity index is 1.53. The number of imidazole rings is 1. The molecule has 2 aromatic rings. The van der Waals surface area contributed by atoms with Gasteiger partial charge in [0.2, 0.25) is 0 Å². The van der Waals surface area contributed by atoms with Crippen molar-refractivity contribution in [3.8, 4) is 0 Å². The third-order valence-corrected chi connectivity index (χ3v) is 4.43. The van der Waals surface area contributed by atoms with E-state index < -0.39 is 11.9 Å². The molecule has 0 spiro atoms. The molecule has 1 atom stereocenters. The number of carbonyl (C=O) groups is 1. The summed E-state index contributed by atoms with van der Waals surface area (Å²) in [5.41, 5.74) is -0.718. The number of carbonyl (C=O) groups excluding carboxylic acids is 1. The maximum atomic E-state index is 12.8. The molecule has 7 nitrogen and oxygen atoms in total. The van der Waals surface area contributed by atoms with E-state index >= 15 is 0 Å². The number of nitrogens with one attached hydrogen (secondary N) is 2.